The Balaban J connectivity index is 4.08. The molecule has 9 heteroatoms. The number of allylic oxidation sites excluding steroid dienone is 8. The average molecular weight is 1040 g/mol. The highest BCUT2D eigenvalue weighted by Crippen LogP contribution is 2.17. The summed E-state index contributed by atoms with van der Waals surface area (Å²) in [7, 11) is 5.97. The van der Waals surface area contributed by atoms with Crippen molar-refractivity contribution in [3.63, 3.8) is 0 Å². The maximum atomic E-state index is 12.9. The largest absolute Gasteiger partial charge is 0.477 e. The van der Waals surface area contributed by atoms with Crippen LogP contribution in [0.4, 0.5) is 0 Å². The van der Waals surface area contributed by atoms with Gasteiger partial charge in [-0.05, 0) is 77.0 Å². The number of carboxylic acid groups (broad SMARTS) is 1. The molecule has 0 saturated heterocycles. The maximum absolute atomic E-state index is 12.9. The minimum absolute atomic E-state index is 0.186. The van der Waals surface area contributed by atoms with Crippen LogP contribution in [0.25, 0.3) is 0 Å². The molecule has 2 atom stereocenters. The molecule has 2 unspecified atom stereocenters. The molecule has 0 bridgehead atoms. The summed E-state index contributed by atoms with van der Waals surface area (Å²) in [6.45, 7) is 4.86. The molecular formula is C65H120NO8+. The van der Waals surface area contributed by atoms with E-state index < -0.39 is 24.3 Å². The number of carbonyl (C=O) groups is 3. The minimum atomic E-state index is -1.51. The van der Waals surface area contributed by atoms with Crippen molar-refractivity contribution in [1.29, 1.82) is 0 Å². The monoisotopic (exact) mass is 1040 g/mol. The number of carboxylic acids is 1. The van der Waals surface area contributed by atoms with Crippen LogP contribution in [0.5, 0.6) is 0 Å². The first kappa shape index (κ1) is 71.2. The van der Waals surface area contributed by atoms with Crippen molar-refractivity contribution in [2.45, 2.75) is 302 Å². The number of unbranched alkanes of at least 4 members (excludes halogenated alkanes) is 35. The predicted octanol–water partition coefficient (Wildman–Crippen LogP) is 18.6. The Kier molecular flexibility index (Phi) is 54.4. The number of hydrogen-bond acceptors (Lipinski definition) is 7. The summed E-state index contributed by atoms with van der Waals surface area (Å²) in [5, 5.41) is 9.70. The lowest BCUT2D eigenvalue weighted by atomic mass is 10.0. The molecule has 432 valence electrons. The van der Waals surface area contributed by atoms with Crippen molar-refractivity contribution < 1.29 is 42.9 Å². The van der Waals surface area contributed by atoms with Crippen LogP contribution in [0, 0.1) is 0 Å². The van der Waals surface area contributed by atoms with Gasteiger partial charge in [0.25, 0.3) is 6.29 Å². The molecule has 0 aromatic rings. The summed E-state index contributed by atoms with van der Waals surface area (Å²) >= 11 is 0. The van der Waals surface area contributed by atoms with Gasteiger partial charge in [-0.15, -0.1) is 0 Å². The number of nitrogens with zero attached hydrogens (tertiary/aromatic N) is 1. The lowest BCUT2D eigenvalue weighted by molar-refractivity contribution is -0.870. The summed E-state index contributed by atoms with van der Waals surface area (Å²) in [6, 6.07) is 0. The number of esters is 2. The third kappa shape index (κ3) is 57.0. The van der Waals surface area contributed by atoms with E-state index in [4.69, 9.17) is 18.9 Å². The minimum Gasteiger partial charge on any atom is -0.477 e. The normalized spacial score (nSPS) is 13.0. The van der Waals surface area contributed by atoms with Gasteiger partial charge in [0, 0.05) is 12.8 Å². The van der Waals surface area contributed by atoms with E-state index in [1.54, 1.807) is 0 Å². The fourth-order valence-electron chi connectivity index (χ4n) is 8.96. The summed E-state index contributed by atoms with van der Waals surface area (Å²) in [5.74, 6) is -2.01. The van der Waals surface area contributed by atoms with E-state index in [0.29, 0.717) is 11.0 Å². The van der Waals surface area contributed by atoms with Crippen LogP contribution in [0.15, 0.2) is 48.6 Å². The molecule has 0 radical (unpaired) electrons. The van der Waals surface area contributed by atoms with Gasteiger partial charge in [-0.25, -0.2) is 4.79 Å². The molecule has 0 amide bonds. The lowest BCUT2D eigenvalue weighted by Gasteiger charge is -2.25. The van der Waals surface area contributed by atoms with Crippen LogP contribution in [0.2, 0.25) is 0 Å². The SMILES string of the molecule is CCCCCC/C=C\C/C=C\CCCCCCCC(=O)OCC(COC(OCC[N+](C)(C)C)C(=O)O)OC(=O)CCCCCCCCCCCCCCCCCCCCCCC/C=C\C/C=C\CCCCCCC. The molecule has 9 nitrogen and oxygen atoms in total. The second-order valence-electron chi connectivity index (χ2n) is 22.4. The average Bonchev–Trinajstić information content (AvgIpc) is 3.37. The summed E-state index contributed by atoms with van der Waals surface area (Å²) < 4.78 is 22.9. The second-order valence-corrected chi connectivity index (χ2v) is 22.4. The van der Waals surface area contributed by atoms with Gasteiger partial charge in [0.05, 0.1) is 34.4 Å². The number of likely N-dealkylation sites (N-methyl/N-ethyl adjacent to an activating group) is 1. The van der Waals surface area contributed by atoms with E-state index >= 15 is 0 Å². The molecule has 0 aliphatic carbocycles. The van der Waals surface area contributed by atoms with Crippen LogP contribution in [0.1, 0.15) is 290 Å². The fourth-order valence-corrected chi connectivity index (χ4v) is 8.96. The summed E-state index contributed by atoms with van der Waals surface area (Å²) in [4.78, 5) is 37.4. The highest BCUT2D eigenvalue weighted by molar-refractivity contribution is 5.71. The Labute approximate surface area is 457 Å². The third-order valence-corrected chi connectivity index (χ3v) is 13.8. The van der Waals surface area contributed by atoms with Crippen LogP contribution in [-0.4, -0.2) is 87.4 Å². The Bertz CT molecular complexity index is 1350. The molecular weight excluding hydrogens is 923 g/mol. The van der Waals surface area contributed by atoms with E-state index in [1.165, 1.54) is 193 Å². The van der Waals surface area contributed by atoms with Gasteiger partial charge in [-0.1, -0.05) is 249 Å². The predicted molar refractivity (Wildman–Crippen MR) is 314 cm³/mol. The number of ether oxygens (including phenoxy) is 4. The maximum Gasteiger partial charge on any atom is 0.361 e. The number of carbonyl (C=O) groups excluding carboxylic acids is 2. The van der Waals surface area contributed by atoms with E-state index in [0.717, 1.165) is 70.6 Å². The molecule has 0 rings (SSSR count). The molecule has 0 heterocycles. The Morgan fingerprint density at radius 1 is 0.405 bits per heavy atom. The highest BCUT2D eigenvalue weighted by atomic mass is 16.7. The van der Waals surface area contributed by atoms with Crippen LogP contribution in [-0.2, 0) is 33.3 Å². The van der Waals surface area contributed by atoms with Crippen molar-refractivity contribution in [2.24, 2.45) is 0 Å². The number of rotatable bonds is 58. The van der Waals surface area contributed by atoms with Crippen molar-refractivity contribution in [3.8, 4) is 0 Å². The first-order chi connectivity index (χ1) is 36.1. The van der Waals surface area contributed by atoms with Gasteiger partial charge in [-0.3, -0.25) is 9.59 Å². The van der Waals surface area contributed by atoms with E-state index in [2.05, 4.69) is 62.5 Å². The number of aliphatic carboxylic acids is 1. The van der Waals surface area contributed by atoms with Gasteiger partial charge in [0.1, 0.15) is 13.2 Å². The van der Waals surface area contributed by atoms with Crippen molar-refractivity contribution in [1.82, 2.24) is 0 Å². The molecule has 0 spiro atoms. The standard InChI is InChI=1S/C65H119NO8/c1-6-8-10-12-14-16-18-20-22-24-25-26-27-28-29-30-31-32-33-34-35-36-37-38-39-40-42-44-46-48-50-52-54-56-63(68)74-61(60-73-65(64(69)70)71-58-57-66(3,4)5)59-72-62(67)55-53-51-49-47-45-43-41-23-21-19-17-15-13-11-9-7-2/h17-20,23-25,41,61,65H,6-16,21-22,26-40,42-60H2,1-5H3/p+1/b19-17-,20-18-,25-24-,41-23-. The van der Waals surface area contributed by atoms with Crippen LogP contribution in [0.3, 0.4) is 0 Å². The van der Waals surface area contributed by atoms with Crippen molar-refractivity contribution >= 4 is 17.9 Å². The first-order valence-electron chi connectivity index (χ1n) is 31.3. The quantitative estimate of drug-likeness (QED) is 0.0211. The van der Waals surface area contributed by atoms with E-state index in [1.807, 2.05) is 21.1 Å². The molecule has 0 saturated carbocycles. The number of hydrogen-bond donors (Lipinski definition) is 1. The smallest absolute Gasteiger partial charge is 0.361 e. The molecule has 0 aliphatic rings. The fraction of sp³-hybridized carbons (Fsp3) is 0.831. The van der Waals surface area contributed by atoms with Gasteiger partial charge in [-0.2, -0.15) is 0 Å². The zero-order chi connectivity index (χ0) is 54.1. The molecule has 0 aromatic carbocycles. The summed E-state index contributed by atoms with van der Waals surface area (Å²) in [5.41, 5.74) is 0. The highest BCUT2D eigenvalue weighted by Gasteiger charge is 2.25. The zero-order valence-corrected chi connectivity index (χ0v) is 49.3. The Hall–Kier alpha value is -2.75. The van der Waals surface area contributed by atoms with Gasteiger partial charge < -0.3 is 28.5 Å². The second kappa shape index (κ2) is 56.5. The molecule has 0 aliphatic heterocycles. The molecule has 0 fully saturated rings. The van der Waals surface area contributed by atoms with Crippen molar-refractivity contribution in [3.05, 3.63) is 48.6 Å². The Morgan fingerprint density at radius 3 is 1.08 bits per heavy atom. The van der Waals surface area contributed by atoms with Crippen molar-refractivity contribution in [2.75, 3.05) is 47.5 Å². The van der Waals surface area contributed by atoms with Crippen LogP contribution < -0.4 is 0 Å². The topological polar surface area (TPSA) is 108 Å². The third-order valence-electron chi connectivity index (χ3n) is 13.8. The van der Waals surface area contributed by atoms with Gasteiger partial charge in [0.2, 0.25) is 0 Å². The van der Waals surface area contributed by atoms with Crippen LogP contribution >= 0.6 is 0 Å². The summed E-state index contributed by atoms with van der Waals surface area (Å²) in [6.07, 6.45) is 67.8. The molecule has 1 N–H and O–H groups in total. The number of quaternary nitrogens is 1. The molecule has 0 aromatic heterocycles. The van der Waals surface area contributed by atoms with E-state index in [9.17, 15) is 19.5 Å². The Morgan fingerprint density at radius 2 is 0.730 bits per heavy atom. The molecule has 74 heavy (non-hydrogen) atoms. The zero-order valence-electron chi connectivity index (χ0n) is 49.3. The first-order valence-corrected chi connectivity index (χ1v) is 31.3. The van der Waals surface area contributed by atoms with E-state index in [-0.39, 0.29) is 38.6 Å². The van der Waals surface area contributed by atoms with Gasteiger partial charge in [0.15, 0.2) is 6.10 Å². The van der Waals surface area contributed by atoms with Gasteiger partial charge >= 0.3 is 17.9 Å². The lowest BCUT2D eigenvalue weighted by Crippen LogP contribution is -2.40.